The van der Waals surface area contributed by atoms with E-state index in [-0.39, 0.29) is 16.1 Å². The maximum absolute atomic E-state index is 12.9. The van der Waals surface area contributed by atoms with Gasteiger partial charge < -0.3 is 0 Å². The van der Waals surface area contributed by atoms with E-state index in [0.29, 0.717) is 15.4 Å². The topological polar surface area (TPSA) is 12.9 Å². The summed E-state index contributed by atoms with van der Waals surface area (Å²) >= 11 is 9.33. The second-order valence-corrected chi connectivity index (χ2v) is 5.22. The highest BCUT2D eigenvalue weighted by atomic mass is 79.9. The third-order valence-electron chi connectivity index (χ3n) is 2.72. The van der Waals surface area contributed by atoms with Gasteiger partial charge in [0.25, 0.3) is 0 Å². The Hall–Kier alpha value is -0.810. The first-order valence-electron chi connectivity index (χ1n) is 5.05. The molecule has 0 atom stereocenters. The summed E-state index contributed by atoms with van der Waals surface area (Å²) in [5.74, 6) is 0. The number of alkyl halides is 3. The Kier molecular flexibility index (Phi) is 3.32. The average Bonchev–Trinajstić information content (AvgIpc) is 2.26. The van der Waals surface area contributed by atoms with Gasteiger partial charge in [0, 0.05) is 9.86 Å². The normalized spacial score (nSPS) is 12.2. The summed E-state index contributed by atoms with van der Waals surface area (Å²) in [5, 5.41) is 0.602. The van der Waals surface area contributed by atoms with Gasteiger partial charge in [0.2, 0.25) is 0 Å². The molecule has 0 saturated heterocycles. The van der Waals surface area contributed by atoms with Crippen LogP contribution >= 0.6 is 27.5 Å². The van der Waals surface area contributed by atoms with Crippen LogP contribution in [0.25, 0.3) is 10.9 Å². The molecule has 1 aromatic heterocycles. The number of benzene rings is 1. The fraction of sp³-hybridized carbons (Fsp3) is 0.250. The van der Waals surface area contributed by atoms with Gasteiger partial charge in [0.05, 0.1) is 10.5 Å². The number of halogens is 5. The van der Waals surface area contributed by atoms with Crippen LogP contribution in [0.2, 0.25) is 5.02 Å². The van der Waals surface area contributed by atoms with Crippen molar-refractivity contribution in [3.8, 4) is 0 Å². The molecule has 0 saturated carbocycles. The quantitative estimate of drug-likeness (QED) is 0.636. The maximum atomic E-state index is 12.9. The van der Waals surface area contributed by atoms with Gasteiger partial charge in [-0.15, -0.1) is 0 Å². The molecule has 0 radical (unpaired) electrons. The van der Waals surface area contributed by atoms with Crippen LogP contribution in [0.4, 0.5) is 13.2 Å². The Morgan fingerprint density at radius 1 is 1.22 bits per heavy atom. The molecule has 2 rings (SSSR count). The van der Waals surface area contributed by atoms with Gasteiger partial charge in [-0.3, -0.25) is 0 Å². The Labute approximate surface area is 115 Å². The van der Waals surface area contributed by atoms with Gasteiger partial charge in [-0.2, -0.15) is 13.2 Å². The average molecular weight is 339 g/mol. The highest BCUT2D eigenvalue weighted by Crippen LogP contribution is 2.39. The molecule has 18 heavy (non-hydrogen) atoms. The Morgan fingerprint density at radius 3 is 2.39 bits per heavy atom. The van der Waals surface area contributed by atoms with Crippen molar-refractivity contribution in [2.75, 3.05) is 0 Å². The number of hydrogen-bond acceptors (Lipinski definition) is 1. The van der Waals surface area contributed by atoms with Gasteiger partial charge in [-0.05, 0) is 31.0 Å². The van der Waals surface area contributed by atoms with Crippen molar-refractivity contribution in [3.63, 3.8) is 0 Å². The molecule has 1 nitrogen and oxygen atoms in total. The number of nitrogens with zero attached hydrogens (tertiary/aromatic N) is 1. The van der Waals surface area contributed by atoms with E-state index in [0.717, 1.165) is 0 Å². The van der Waals surface area contributed by atoms with Crippen LogP contribution in [0.3, 0.4) is 0 Å². The van der Waals surface area contributed by atoms with Crippen LogP contribution in [0.1, 0.15) is 16.8 Å². The van der Waals surface area contributed by atoms with E-state index in [1.54, 1.807) is 19.1 Å². The zero-order valence-electron chi connectivity index (χ0n) is 9.49. The van der Waals surface area contributed by atoms with Crippen LogP contribution < -0.4 is 0 Å². The van der Waals surface area contributed by atoms with E-state index in [1.807, 2.05) is 0 Å². The minimum atomic E-state index is -4.50. The summed E-state index contributed by atoms with van der Waals surface area (Å²) in [6, 6.07) is 3.45. The fourth-order valence-electron chi connectivity index (χ4n) is 1.79. The summed E-state index contributed by atoms with van der Waals surface area (Å²) in [7, 11) is 0. The van der Waals surface area contributed by atoms with Crippen molar-refractivity contribution in [2.24, 2.45) is 0 Å². The second-order valence-electron chi connectivity index (χ2n) is 3.99. The van der Waals surface area contributed by atoms with E-state index < -0.39 is 11.9 Å². The minimum Gasteiger partial charge on any atom is -0.243 e. The van der Waals surface area contributed by atoms with Crippen molar-refractivity contribution < 1.29 is 13.2 Å². The van der Waals surface area contributed by atoms with Crippen LogP contribution in [0.5, 0.6) is 0 Å². The van der Waals surface area contributed by atoms with Crippen molar-refractivity contribution in [1.82, 2.24) is 4.98 Å². The molecule has 0 amide bonds. The molecular formula is C12H8BrClF3N. The van der Waals surface area contributed by atoms with E-state index in [9.17, 15) is 13.2 Å². The molecule has 0 spiro atoms. The van der Waals surface area contributed by atoms with Crippen LogP contribution in [0.15, 0.2) is 16.6 Å². The molecule has 1 heterocycles. The summed E-state index contributed by atoms with van der Waals surface area (Å²) in [4.78, 5) is 3.73. The van der Waals surface area contributed by atoms with E-state index in [4.69, 9.17) is 11.6 Å². The second kappa shape index (κ2) is 4.38. The van der Waals surface area contributed by atoms with E-state index in [1.165, 1.54) is 6.92 Å². The van der Waals surface area contributed by atoms with Crippen LogP contribution in [-0.2, 0) is 6.18 Å². The summed E-state index contributed by atoms with van der Waals surface area (Å²) in [6.07, 6.45) is -4.50. The molecule has 0 aliphatic rings. The number of aryl methyl sites for hydroxylation is 1. The van der Waals surface area contributed by atoms with Gasteiger partial charge >= 0.3 is 6.18 Å². The van der Waals surface area contributed by atoms with E-state index >= 15 is 0 Å². The van der Waals surface area contributed by atoms with E-state index in [2.05, 4.69) is 20.9 Å². The Morgan fingerprint density at radius 2 is 1.83 bits per heavy atom. The van der Waals surface area contributed by atoms with Gasteiger partial charge in [0.1, 0.15) is 5.69 Å². The van der Waals surface area contributed by atoms with Crippen LogP contribution in [-0.4, -0.2) is 4.98 Å². The molecule has 0 aliphatic heterocycles. The summed E-state index contributed by atoms with van der Waals surface area (Å²) in [6.45, 7) is 3.03. The van der Waals surface area contributed by atoms with Crippen molar-refractivity contribution in [3.05, 3.63) is 38.4 Å². The number of pyridine rings is 1. The van der Waals surface area contributed by atoms with Gasteiger partial charge in [-0.25, -0.2) is 4.98 Å². The van der Waals surface area contributed by atoms with Gasteiger partial charge in [-0.1, -0.05) is 33.6 Å². The first kappa shape index (κ1) is 13.6. The SMILES string of the molecule is Cc1c(C(F)(F)F)nc2c(C)ccc(Br)c2c1Cl. The first-order valence-corrected chi connectivity index (χ1v) is 6.22. The summed E-state index contributed by atoms with van der Waals surface area (Å²) in [5.41, 5.74) is -0.0583. The largest absolute Gasteiger partial charge is 0.433 e. The number of rotatable bonds is 0. The third-order valence-corrected chi connectivity index (χ3v) is 3.86. The predicted molar refractivity (Wildman–Crippen MR) is 68.9 cm³/mol. The lowest BCUT2D eigenvalue weighted by atomic mass is 10.1. The molecule has 6 heteroatoms. The number of aromatic nitrogens is 1. The molecule has 96 valence electrons. The molecule has 0 bridgehead atoms. The minimum absolute atomic E-state index is 0.0528. The molecular weight excluding hydrogens is 330 g/mol. The lowest BCUT2D eigenvalue weighted by Gasteiger charge is -2.14. The maximum Gasteiger partial charge on any atom is 0.433 e. The number of hydrogen-bond donors (Lipinski definition) is 0. The highest BCUT2D eigenvalue weighted by molar-refractivity contribution is 9.10. The lowest BCUT2D eigenvalue weighted by Crippen LogP contribution is -2.11. The smallest absolute Gasteiger partial charge is 0.243 e. The Bertz CT molecular complexity index is 637. The van der Waals surface area contributed by atoms with Crippen molar-refractivity contribution in [1.29, 1.82) is 0 Å². The van der Waals surface area contributed by atoms with Crippen molar-refractivity contribution in [2.45, 2.75) is 20.0 Å². The zero-order valence-corrected chi connectivity index (χ0v) is 11.8. The Balaban J connectivity index is 2.97. The van der Waals surface area contributed by atoms with Crippen LogP contribution in [0, 0.1) is 13.8 Å². The highest BCUT2D eigenvalue weighted by Gasteiger charge is 2.36. The molecule has 0 N–H and O–H groups in total. The molecule has 1 aromatic carbocycles. The zero-order chi connectivity index (χ0) is 13.7. The third kappa shape index (κ3) is 2.10. The standard InChI is InChI=1S/C12H8BrClF3N/c1-5-3-4-7(13)8-9(14)6(2)11(12(15,16)17)18-10(5)8/h3-4H,1-2H3. The lowest BCUT2D eigenvalue weighted by molar-refractivity contribution is -0.141. The monoisotopic (exact) mass is 337 g/mol. The van der Waals surface area contributed by atoms with Gasteiger partial charge in [0.15, 0.2) is 0 Å². The summed E-state index contributed by atoms with van der Waals surface area (Å²) < 4.78 is 39.2. The predicted octanol–water partition coefficient (Wildman–Crippen LogP) is 5.29. The molecule has 0 aliphatic carbocycles. The molecule has 2 aromatic rings. The molecule has 0 unspecified atom stereocenters. The first-order chi connectivity index (χ1) is 8.23. The van der Waals surface area contributed by atoms with Crippen molar-refractivity contribution >= 4 is 38.4 Å². The number of fused-ring (bicyclic) bond motifs is 1. The molecule has 0 fully saturated rings. The fourth-order valence-corrected chi connectivity index (χ4v) is 2.70.